The Morgan fingerprint density at radius 3 is 3.12 bits per heavy atom. The van der Waals surface area contributed by atoms with Gasteiger partial charge in [0.2, 0.25) is 0 Å². The van der Waals surface area contributed by atoms with Crippen LogP contribution in [0.25, 0.3) is 0 Å². The van der Waals surface area contributed by atoms with E-state index in [0.29, 0.717) is 5.95 Å². The van der Waals surface area contributed by atoms with E-state index in [1.807, 2.05) is 6.26 Å². The third kappa shape index (κ3) is 1.20. The van der Waals surface area contributed by atoms with Gasteiger partial charge in [-0.1, -0.05) is 0 Å². The molecule has 0 aliphatic carbocycles. The van der Waals surface area contributed by atoms with Crippen LogP contribution in [-0.2, 0) is 0 Å². The molecule has 0 fully saturated rings. The number of furan rings is 1. The maximum atomic E-state index is 4.90. The zero-order chi connectivity index (χ0) is 5.82. The van der Waals surface area contributed by atoms with E-state index in [4.69, 9.17) is 8.60 Å². The minimum Gasteiger partial charge on any atom is -0.434 e. The molecule has 0 saturated heterocycles. The van der Waals surface area contributed by atoms with Crippen molar-refractivity contribution in [2.45, 2.75) is 0 Å². The molecule has 0 aromatic carbocycles. The molecule has 44 valence electrons. The monoisotopic (exact) mass is 130 g/mol. The third-order valence-corrected chi connectivity index (χ3v) is 0.991. The lowest BCUT2D eigenvalue weighted by atomic mass is 10.7. The first-order chi connectivity index (χ1) is 3.93. The summed E-state index contributed by atoms with van der Waals surface area (Å²) < 4.78 is 9.73. The van der Waals surface area contributed by atoms with Crippen LogP contribution in [0.15, 0.2) is 22.8 Å². The molecule has 8 heavy (non-hydrogen) atoms. The zero-order valence-electron chi connectivity index (χ0n) is 4.46. The summed E-state index contributed by atoms with van der Waals surface area (Å²) in [5.74, 6) is 0.553. The van der Waals surface area contributed by atoms with Gasteiger partial charge in [0.05, 0.1) is 18.3 Å². The molecule has 0 aliphatic heterocycles. The van der Waals surface area contributed by atoms with Gasteiger partial charge in [0.15, 0.2) is 0 Å². The van der Waals surface area contributed by atoms with Crippen LogP contribution in [0.2, 0.25) is 0 Å². The molecule has 0 bridgehead atoms. The normalized spacial score (nSPS) is 9.12. The highest BCUT2D eigenvalue weighted by atomic mass is 32.2. The number of hydrogen-bond donors (Lipinski definition) is 0. The number of hydrogen-bond acceptors (Lipinski definition) is 3. The summed E-state index contributed by atoms with van der Waals surface area (Å²) in [5.41, 5.74) is 0. The first kappa shape index (κ1) is 5.56. The highest BCUT2D eigenvalue weighted by Crippen LogP contribution is 2.13. The second-order valence-electron chi connectivity index (χ2n) is 1.18. The van der Waals surface area contributed by atoms with Crippen molar-refractivity contribution in [1.29, 1.82) is 0 Å². The molecule has 0 spiro atoms. The third-order valence-electron chi connectivity index (χ3n) is 0.661. The molecule has 1 heterocycles. The Kier molecular flexibility index (Phi) is 1.86. The fourth-order valence-corrected chi connectivity index (χ4v) is 0.652. The average molecular weight is 130 g/mol. The van der Waals surface area contributed by atoms with Crippen LogP contribution >= 0.6 is 12.0 Å². The molecule has 2 nitrogen and oxygen atoms in total. The minimum absolute atomic E-state index is 0.553. The Morgan fingerprint density at radius 2 is 2.62 bits per heavy atom. The van der Waals surface area contributed by atoms with E-state index in [-0.39, 0.29) is 0 Å². The van der Waals surface area contributed by atoms with Crippen molar-refractivity contribution in [2.24, 2.45) is 0 Å². The summed E-state index contributed by atoms with van der Waals surface area (Å²) in [4.78, 5) is 0. The molecular weight excluding hydrogens is 124 g/mol. The van der Waals surface area contributed by atoms with Crippen molar-refractivity contribution in [3.8, 4) is 5.95 Å². The Bertz CT molecular complexity index is 136. The van der Waals surface area contributed by atoms with E-state index in [0.717, 1.165) is 0 Å². The van der Waals surface area contributed by atoms with Crippen LogP contribution in [0.1, 0.15) is 0 Å². The Balaban J connectivity index is 2.50. The summed E-state index contributed by atoms with van der Waals surface area (Å²) in [6, 6.07) is 3.54. The van der Waals surface area contributed by atoms with Gasteiger partial charge in [0, 0.05) is 12.3 Å². The summed E-state index contributed by atoms with van der Waals surface area (Å²) in [6.45, 7) is 0. The lowest BCUT2D eigenvalue weighted by Crippen LogP contribution is -1.71. The molecule has 0 unspecified atom stereocenters. The highest BCUT2D eigenvalue weighted by Gasteiger charge is 1.89. The van der Waals surface area contributed by atoms with E-state index in [1.165, 1.54) is 12.0 Å². The Hall–Kier alpha value is -0.570. The van der Waals surface area contributed by atoms with Gasteiger partial charge in [-0.25, -0.2) is 0 Å². The minimum atomic E-state index is 0.553. The predicted molar refractivity (Wildman–Crippen MR) is 32.9 cm³/mol. The van der Waals surface area contributed by atoms with Crippen molar-refractivity contribution in [3.63, 3.8) is 0 Å². The molecule has 0 N–H and O–H groups in total. The second-order valence-corrected chi connectivity index (χ2v) is 1.68. The van der Waals surface area contributed by atoms with Crippen LogP contribution in [0.5, 0.6) is 5.95 Å². The van der Waals surface area contributed by atoms with Gasteiger partial charge in [-0.15, -0.1) is 0 Å². The van der Waals surface area contributed by atoms with Gasteiger partial charge >= 0.3 is 0 Å². The summed E-state index contributed by atoms with van der Waals surface area (Å²) in [6.07, 6.45) is 3.41. The fourth-order valence-electron chi connectivity index (χ4n) is 0.393. The first-order valence-electron chi connectivity index (χ1n) is 2.17. The molecule has 0 radical (unpaired) electrons. The maximum absolute atomic E-state index is 4.90. The highest BCUT2D eigenvalue weighted by molar-refractivity contribution is 7.94. The molecule has 0 saturated carbocycles. The summed E-state index contributed by atoms with van der Waals surface area (Å²) >= 11 is 1.27. The lowest BCUT2D eigenvalue weighted by Gasteiger charge is -1.89. The quantitative estimate of drug-likeness (QED) is 0.571. The molecule has 1 aromatic rings. The molecule has 0 aliphatic rings. The van der Waals surface area contributed by atoms with E-state index in [9.17, 15) is 0 Å². The van der Waals surface area contributed by atoms with Gasteiger partial charge in [0.1, 0.15) is 0 Å². The summed E-state index contributed by atoms with van der Waals surface area (Å²) in [5, 5.41) is 0. The van der Waals surface area contributed by atoms with Gasteiger partial charge in [-0.05, 0) is 6.07 Å². The largest absolute Gasteiger partial charge is 0.434 e. The molecule has 0 amide bonds. The molecule has 0 atom stereocenters. The molecule has 1 rings (SSSR count). The van der Waals surface area contributed by atoms with E-state index < -0.39 is 0 Å². The fraction of sp³-hybridized carbons (Fsp3) is 0.200. The average Bonchev–Trinajstić information content (AvgIpc) is 2.19. The Labute approximate surface area is 52.0 Å². The van der Waals surface area contributed by atoms with Crippen molar-refractivity contribution in [2.75, 3.05) is 6.26 Å². The van der Waals surface area contributed by atoms with Crippen LogP contribution in [0, 0.1) is 0 Å². The van der Waals surface area contributed by atoms with Crippen molar-refractivity contribution >= 4 is 12.0 Å². The maximum Gasteiger partial charge on any atom is 0.296 e. The second kappa shape index (κ2) is 2.67. The van der Waals surface area contributed by atoms with Crippen LogP contribution in [0.3, 0.4) is 0 Å². The van der Waals surface area contributed by atoms with Crippen LogP contribution < -0.4 is 4.18 Å². The van der Waals surface area contributed by atoms with Crippen molar-refractivity contribution in [1.82, 2.24) is 0 Å². The molecular formula is C5H6O2S. The number of rotatable bonds is 2. The van der Waals surface area contributed by atoms with Gasteiger partial charge in [-0.2, -0.15) is 0 Å². The molecule has 3 heteroatoms. The van der Waals surface area contributed by atoms with Gasteiger partial charge in [0.25, 0.3) is 5.95 Å². The van der Waals surface area contributed by atoms with Crippen molar-refractivity contribution < 1.29 is 8.60 Å². The molecule has 1 aromatic heterocycles. The lowest BCUT2D eigenvalue weighted by molar-refractivity contribution is 0.423. The van der Waals surface area contributed by atoms with E-state index in [1.54, 1.807) is 18.4 Å². The van der Waals surface area contributed by atoms with E-state index >= 15 is 0 Å². The smallest absolute Gasteiger partial charge is 0.296 e. The topological polar surface area (TPSA) is 22.4 Å². The Morgan fingerprint density at radius 1 is 1.75 bits per heavy atom. The van der Waals surface area contributed by atoms with Crippen LogP contribution in [-0.4, -0.2) is 6.26 Å². The van der Waals surface area contributed by atoms with Gasteiger partial charge < -0.3 is 8.60 Å². The zero-order valence-corrected chi connectivity index (χ0v) is 5.27. The van der Waals surface area contributed by atoms with Gasteiger partial charge in [-0.3, -0.25) is 0 Å². The van der Waals surface area contributed by atoms with Crippen LogP contribution in [0.4, 0.5) is 0 Å². The van der Waals surface area contributed by atoms with Crippen molar-refractivity contribution in [3.05, 3.63) is 18.4 Å². The standard InChI is InChI=1S/C5H6O2S/c1-8-7-5-3-2-4-6-5/h2-4H,1H3. The predicted octanol–water partition coefficient (Wildman–Crippen LogP) is 1.94. The SMILES string of the molecule is CSOc1ccco1. The van der Waals surface area contributed by atoms with E-state index in [2.05, 4.69) is 0 Å². The first-order valence-corrected chi connectivity index (χ1v) is 3.32. The summed E-state index contributed by atoms with van der Waals surface area (Å²) in [7, 11) is 0.